The van der Waals surface area contributed by atoms with Crippen LogP contribution in [0.1, 0.15) is 6.42 Å². The number of likely N-dealkylation sites (tertiary alicyclic amines) is 1. The van der Waals surface area contributed by atoms with Gasteiger partial charge in [-0.25, -0.2) is 0 Å². The third-order valence-electron chi connectivity index (χ3n) is 4.01. The minimum absolute atomic E-state index is 0.0780. The van der Waals surface area contributed by atoms with Crippen LogP contribution in [0.15, 0.2) is 0 Å². The van der Waals surface area contributed by atoms with Crippen LogP contribution in [0.25, 0.3) is 0 Å². The Bertz CT molecular complexity index is 282. The second kappa shape index (κ2) is 5.33. The quantitative estimate of drug-likeness (QED) is 0.659. The molecule has 17 heavy (non-hydrogen) atoms. The molecule has 2 saturated heterocycles. The number of amides is 1. The van der Waals surface area contributed by atoms with Gasteiger partial charge >= 0.3 is 0 Å². The molecular weight excluding hydrogens is 216 g/mol. The van der Waals surface area contributed by atoms with Gasteiger partial charge in [0.2, 0.25) is 5.91 Å². The van der Waals surface area contributed by atoms with Crippen LogP contribution < -0.4 is 10.6 Å². The molecule has 2 aliphatic rings. The average molecular weight is 240 g/mol. The summed E-state index contributed by atoms with van der Waals surface area (Å²) in [5.41, 5.74) is 0. The maximum absolute atomic E-state index is 12.1. The molecule has 0 saturated carbocycles. The number of fused-ring (bicyclic) bond motifs is 1. The summed E-state index contributed by atoms with van der Waals surface area (Å²) < 4.78 is 0. The van der Waals surface area contributed by atoms with Crippen LogP contribution in [0.3, 0.4) is 0 Å². The van der Waals surface area contributed by atoms with Crippen molar-refractivity contribution in [2.45, 2.75) is 18.5 Å². The zero-order valence-corrected chi connectivity index (χ0v) is 11.1. The predicted octanol–water partition coefficient (Wildman–Crippen LogP) is -1.04. The Morgan fingerprint density at radius 1 is 1.47 bits per heavy atom. The maximum atomic E-state index is 12.1. The van der Waals surface area contributed by atoms with Gasteiger partial charge in [0.25, 0.3) is 0 Å². The molecule has 2 heterocycles. The van der Waals surface area contributed by atoms with Gasteiger partial charge in [-0.1, -0.05) is 0 Å². The molecular formula is C12H24N4O. The summed E-state index contributed by atoms with van der Waals surface area (Å²) in [5.74, 6) is 0.855. The van der Waals surface area contributed by atoms with Crippen molar-refractivity contribution in [1.82, 2.24) is 20.4 Å². The second-order valence-electron chi connectivity index (χ2n) is 5.50. The first kappa shape index (κ1) is 12.8. The molecule has 0 spiro atoms. The Kier molecular flexibility index (Phi) is 4.01. The van der Waals surface area contributed by atoms with E-state index < -0.39 is 0 Å². The van der Waals surface area contributed by atoms with E-state index in [1.807, 2.05) is 14.1 Å². The minimum Gasteiger partial charge on any atom is -0.353 e. The fraction of sp³-hybridized carbons (Fsp3) is 0.917. The first-order chi connectivity index (χ1) is 8.09. The Balaban J connectivity index is 1.80. The van der Waals surface area contributed by atoms with E-state index in [0.717, 1.165) is 32.6 Å². The number of nitrogens with zero attached hydrogens (tertiary/aromatic N) is 2. The van der Waals surface area contributed by atoms with Gasteiger partial charge in [0.1, 0.15) is 0 Å². The van der Waals surface area contributed by atoms with Crippen molar-refractivity contribution < 1.29 is 4.79 Å². The number of hydrogen-bond acceptors (Lipinski definition) is 4. The lowest BCUT2D eigenvalue weighted by molar-refractivity contribution is -0.125. The summed E-state index contributed by atoms with van der Waals surface area (Å²) in [4.78, 5) is 16.4. The topological polar surface area (TPSA) is 47.6 Å². The first-order valence-corrected chi connectivity index (χ1v) is 6.44. The van der Waals surface area contributed by atoms with Crippen LogP contribution >= 0.6 is 0 Å². The predicted molar refractivity (Wildman–Crippen MR) is 67.9 cm³/mol. The standard InChI is InChI=1S/C12H24N4O/c1-15(2)5-4-14-12(17)10-6-9-7-13-8-11(9)16(10)3/h9-11,13H,4-8H2,1-3H3,(H,14,17)/t9-,10-,11+/m0/s1. The molecule has 0 aromatic carbocycles. The molecule has 0 radical (unpaired) electrons. The van der Waals surface area contributed by atoms with E-state index in [4.69, 9.17) is 0 Å². The van der Waals surface area contributed by atoms with Gasteiger partial charge in [-0.3, -0.25) is 9.69 Å². The number of nitrogens with one attached hydrogen (secondary N) is 2. The smallest absolute Gasteiger partial charge is 0.237 e. The lowest BCUT2D eigenvalue weighted by Crippen LogP contribution is -2.46. The molecule has 1 amide bonds. The van der Waals surface area contributed by atoms with Crippen LogP contribution in [-0.4, -0.2) is 75.1 Å². The number of carbonyl (C=O) groups excluding carboxylic acids is 1. The highest BCUT2D eigenvalue weighted by Crippen LogP contribution is 2.30. The molecule has 2 fully saturated rings. The molecule has 2 N–H and O–H groups in total. The summed E-state index contributed by atoms with van der Waals surface area (Å²) >= 11 is 0. The third kappa shape index (κ3) is 2.78. The molecule has 0 bridgehead atoms. The Hall–Kier alpha value is -0.650. The van der Waals surface area contributed by atoms with E-state index in [9.17, 15) is 4.79 Å². The lowest BCUT2D eigenvalue weighted by Gasteiger charge is -2.24. The first-order valence-electron chi connectivity index (χ1n) is 6.44. The van der Waals surface area contributed by atoms with Gasteiger partial charge < -0.3 is 15.5 Å². The number of rotatable bonds is 4. The van der Waals surface area contributed by atoms with Gasteiger partial charge in [-0.05, 0) is 40.0 Å². The van der Waals surface area contributed by atoms with Crippen LogP contribution in [0.2, 0.25) is 0 Å². The summed E-state index contributed by atoms with van der Waals surface area (Å²) in [6.45, 7) is 3.74. The van der Waals surface area contributed by atoms with Crippen molar-refractivity contribution in [2.24, 2.45) is 5.92 Å². The van der Waals surface area contributed by atoms with Crippen LogP contribution in [0.5, 0.6) is 0 Å². The molecule has 5 nitrogen and oxygen atoms in total. The van der Waals surface area contributed by atoms with Gasteiger partial charge in [-0.15, -0.1) is 0 Å². The molecule has 98 valence electrons. The molecule has 0 aromatic heterocycles. The number of hydrogen-bond donors (Lipinski definition) is 2. The summed E-state index contributed by atoms with van der Waals surface area (Å²) in [6.07, 6.45) is 1.00. The molecule has 0 aliphatic carbocycles. The van der Waals surface area contributed by atoms with Crippen LogP contribution in [0.4, 0.5) is 0 Å². The Labute approximate surface area is 104 Å². The fourth-order valence-electron chi connectivity index (χ4n) is 2.93. The van der Waals surface area contributed by atoms with Crippen molar-refractivity contribution in [3.8, 4) is 0 Å². The van der Waals surface area contributed by atoms with Crippen molar-refractivity contribution in [3.63, 3.8) is 0 Å². The van der Waals surface area contributed by atoms with E-state index in [1.54, 1.807) is 0 Å². The van der Waals surface area contributed by atoms with E-state index >= 15 is 0 Å². The average Bonchev–Trinajstić information content (AvgIpc) is 2.81. The van der Waals surface area contributed by atoms with E-state index in [0.29, 0.717) is 12.0 Å². The molecule has 2 aliphatic heterocycles. The highest BCUT2D eigenvalue weighted by Gasteiger charge is 2.44. The Morgan fingerprint density at radius 3 is 2.88 bits per heavy atom. The third-order valence-corrected chi connectivity index (χ3v) is 4.01. The summed E-state index contributed by atoms with van der Waals surface area (Å²) in [7, 11) is 6.11. The van der Waals surface area contributed by atoms with Gasteiger partial charge in [0.15, 0.2) is 0 Å². The highest BCUT2D eigenvalue weighted by molar-refractivity contribution is 5.82. The molecule has 0 aromatic rings. The molecule has 0 unspecified atom stereocenters. The molecule has 3 atom stereocenters. The summed E-state index contributed by atoms with van der Waals surface area (Å²) in [6, 6.07) is 0.633. The minimum atomic E-state index is 0.0780. The monoisotopic (exact) mass is 240 g/mol. The SMILES string of the molecule is CN(C)CCNC(=O)[C@@H]1C[C@H]2CNC[C@H]2N1C. The number of likely N-dealkylation sites (N-methyl/N-ethyl adjacent to an activating group) is 2. The van der Waals surface area contributed by atoms with Crippen LogP contribution in [-0.2, 0) is 4.79 Å². The fourth-order valence-corrected chi connectivity index (χ4v) is 2.93. The second-order valence-corrected chi connectivity index (χ2v) is 5.50. The number of carbonyl (C=O) groups is 1. The zero-order valence-electron chi connectivity index (χ0n) is 11.1. The Morgan fingerprint density at radius 2 is 2.24 bits per heavy atom. The molecule has 2 rings (SSSR count). The van der Waals surface area contributed by atoms with Gasteiger partial charge in [0, 0.05) is 25.7 Å². The normalized spacial score (nSPS) is 33.1. The van der Waals surface area contributed by atoms with Gasteiger partial charge in [-0.2, -0.15) is 0 Å². The van der Waals surface area contributed by atoms with E-state index in [1.165, 1.54) is 0 Å². The van der Waals surface area contributed by atoms with Crippen molar-refractivity contribution in [2.75, 3.05) is 47.3 Å². The van der Waals surface area contributed by atoms with Gasteiger partial charge in [0.05, 0.1) is 6.04 Å². The highest BCUT2D eigenvalue weighted by atomic mass is 16.2. The van der Waals surface area contributed by atoms with Crippen molar-refractivity contribution >= 4 is 5.91 Å². The zero-order chi connectivity index (χ0) is 12.4. The van der Waals surface area contributed by atoms with Crippen LogP contribution in [0, 0.1) is 5.92 Å². The van der Waals surface area contributed by atoms with E-state index in [-0.39, 0.29) is 11.9 Å². The largest absolute Gasteiger partial charge is 0.353 e. The lowest BCUT2D eigenvalue weighted by atomic mass is 10.0. The van der Waals surface area contributed by atoms with Crippen molar-refractivity contribution in [3.05, 3.63) is 0 Å². The summed E-state index contributed by atoms with van der Waals surface area (Å²) in [5, 5.41) is 6.43. The molecule has 5 heteroatoms. The van der Waals surface area contributed by atoms with E-state index in [2.05, 4.69) is 27.5 Å². The maximum Gasteiger partial charge on any atom is 0.237 e. The van der Waals surface area contributed by atoms with Crippen molar-refractivity contribution in [1.29, 1.82) is 0 Å².